The van der Waals surface area contributed by atoms with Crippen molar-refractivity contribution in [3.05, 3.63) is 59.0 Å². The first-order valence-electron chi connectivity index (χ1n) is 12.2. The van der Waals surface area contributed by atoms with E-state index in [1.54, 1.807) is 26.1 Å². The molecule has 5 N–H and O–H groups in total. The van der Waals surface area contributed by atoms with Crippen molar-refractivity contribution < 1.29 is 9.90 Å². The molecule has 0 bridgehead atoms. The second kappa shape index (κ2) is 9.11. The first-order chi connectivity index (χ1) is 17.1. The number of fused-ring (bicyclic) bond motifs is 1. The maximum atomic E-state index is 12.9. The summed E-state index contributed by atoms with van der Waals surface area (Å²) in [4.78, 5) is 30.5. The highest BCUT2D eigenvalue weighted by Crippen LogP contribution is 2.32. The molecule has 0 spiro atoms. The number of carbonyl (C=O) groups is 1. The van der Waals surface area contributed by atoms with Gasteiger partial charge in [0, 0.05) is 42.6 Å². The Hall–Kier alpha value is -3.63. The highest BCUT2D eigenvalue weighted by atomic mass is 16.3. The van der Waals surface area contributed by atoms with E-state index in [1.165, 1.54) is 17.3 Å². The second-order valence-electron chi connectivity index (χ2n) is 10.6. The zero-order chi connectivity index (χ0) is 25.5. The maximum Gasteiger partial charge on any atom is 0.256 e. The zero-order valence-electron chi connectivity index (χ0n) is 21.0. The molecule has 3 aromatic rings. The summed E-state index contributed by atoms with van der Waals surface area (Å²) in [5.41, 5.74) is 3.07. The van der Waals surface area contributed by atoms with Crippen LogP contribution in [0.15, 0.2) is 36.7 Å². The molecule has 5 rings (SSSR count). The van der Waals surface area contributed by atoms with Crippen LogP contribution < -0.4 is 21.3 Å². The van der Waals surface area contributed by atoms with Crippen LogP contribution in [-0.2, 0) is 17.6 Å². The number of rotatable bonds is 7. The normalized spacial score (nSPS) is 16.7. The fraction of sp³-hybridized carbons (Fsp3) is 0.423. The molecule has 36 heavy (non-hydrogen) atoms. The van der Waals surface area contributed by atoms with Gasteiger partial charge in [-0.3, -0.25) is 4.79 Å². The molecule has 188 valence electrons. The molecule has 10 heteroatoms. The molecule has 1 fully saturated rings. The number of aliphatic hydroxyl groups is 1. The number of benzene rings is 1. The molecule has 0 atom stereocenters. The standard InChI is InChI=1S/C26H32N8O2/c1-25(2)14-27-12-15-11-17(7-8-19(15)25)31-24-29-13-18(22(35)30-16-5-6-16)21(34-24)33-23-28-10-9-20(32-23)26(3,4)36/h7-11,13,16,27,36H,5-6,12,14H2,1-4H3,(H,30,35)(H2,28,29,31,32,33,34). The topological polar surface area (TPSA) is 137 Å². The molecule has 0 saturated heterocycles. The monoisotopic (exact) mass is 488 g/mol. The van der Waals surface area contributed by atoms with Crippen LogP contribution in [0.25, 0.3) is 0 Å². The smallest absolute Gasteiger partial charge is 0.256 e. The van der Waals surface area contributed by atoms with Gasteiger partial charge in [-0.05, 0) is 56.0 Å². The Labute approximate surface area is 210 Å². The lowest BCUT2D eigenvalue weighted by Gasteiger charge is -2.33. The van der Waals surface area contributed by atoms with Crippen LogP contribution in [0.2, 0.25) is 0 Å². The lowest BCUT2D eigenvalue weighted by Crippen LogP contribution is -2.38. The van der Waals surface area contributed by atoms with E-state index in [-0.39, 0.29) is 29.1 Å². The molecule has 2 aliphatic rings. The van der Waals surface area contributed by atoms with Crippen molar-refractivity contribution in [3.8, 4) is 0 Å². The van der Waals surface area contributed by atoms with E-state index >= 15 is 0 Å². The summed E-state index contributed by atoms with van der Waals surface area (Å²) in [5.74, 6) is 0.579. The van der Waals surface area contributed by atoms with E-state index < -0.39 is 5.60 Å². The Morgan fingerprint density at radius 3 is 2.64 bits per heavy atom. The fourth-order valence-corrected chi connectivity index (χ4v) is 4.27. The van der Waals surface area contributed by atoms with Crippen LogP contribution in [0.5, 0.6) is 0 Å². The minimum absolute atomic E-state index is 0.0634. The highest BCUT2D eigenvalue weighted by Gasteiger charge is 2.28. The quantitative estimate of drug-likeness (QED) is 0.339. The summed E-state index contributed by atoms with van der Waals surface area (Å²) >= 11 is 0. The Morgan fingerprint density at radius 2 is 1.89 bits per heavy atom. The van der Waals surface area contributed by atoms with E-state index in [4.69, 9.17) is 0 Å². The molecular formula is C26H32N8O2. The molecule has 1 amide bonds. The molecule has 3 heterocycles. The van der Waals surface area contributed by atoms with E-state index in [1.807, 2.05) is 6.07 Å². The van der Waals surface area contributed by atoms with Crippen LogP contribution in [0.4, 0.5) is 23.4 Å². The SMILES string of the molecule is CC(C)(O)c1ccnc(Nc2nc(Nc3ccc4c(c3)CNCC4(C)C)ncc2C(=O)NC2CC2)n1. The first-order valence-corrected chi connectivity index (χ1v) is 12.2. The van der Waals surface area contributed by atoms with Gasteiger partial charge in [-0.2, -0.15) is 4.98 Å². The third kappa shape index (κ3) is 5.29. The Morgan fingerprint density at radius 1 is 1.11 bits per heavy atom. The third-order valence-corrected chi connectivity index (χ3v) is 6.43. The molecule has 2 aromatic heterocycles. The molecular weight excluding hydrogens is 456 g/mol. The number of nitrogens with zero attached hydrogens (tertiary/aromatic N) is 4. The number of aromatic nitrogens is 4. The van der Waals surface area contributed by atoms with Crippen molar-refractivity contribution in [2.24, 2.45) is 0 Å². The minimum Gasteiger partial charge on any atom is -0.384 e. The van der Waals surface area contributed by atoms with E-state index in [0.717, 1.165) is 31.6 Å². The molecule has 0 unspecified atom stereocenters. The van der Waals surface area contributed by atoms with Gasteiger partial charge in [-0.1, -0.05) is 19.9 Å². The lowest BCUT2D eigenvalue weighted by molar-refractivity contribution is 0.0738. The second-order valence-corrected chi connectivity index (χ2v) is 10.6. The molecule has 1 aliphatic heterocycles. The molecule has 0 radical (unpaired) electrons. The summed E-state index contributed by atoms with van der Waals surface area (Å²) < 4.78 is 0. The van der Waals surface area contributed by atoms with Crippen LogP contribution in [0.3, 0.4) is 0 Å². The predicted octanol–water partition coefficient (Wildman–Crippen LogP) is 3.25. The third-order valence-electron chi connectivity index (χ3n) is 6.43. The number of nitrogens with one attached hydrogen (secondary N) is 4. The van der Waals surface area contributed by atoms with Crippen molar-refractivity contribution in [1.29, 1.82) is 0 Å². The van der Waals surface area contributed by atoms with E-state index in [2.05, 4.69) is 67.2 Å². The van der Waals surface area contributed by atoms with Gasteiger partial charge in [-0.25, -0.2) is 15.0 Å². The van der Waals surface area contributed by atoms with Crippen LogP contribution >= 0.6 is 0 Å². The molecule has 1 saturated carbocycles. The minimum atomic E-state index is -1.14. The largest absolute Gasteiger partial charge is 0.384 e. The van der Waals surface area contributed by atoms with Crippen molar-refractivity contribution in [3.63, 3.8) is 0 Å². The van der Waals surface area contributed by atoms with E-state index in [9.17, 15) is 9.90 Å². The van der Waals surface area contributed by atoms with Gasteiger partial charge >= 0.3 is 0 Å². The van der Waals surface area contributed by atoms with Gasteiger partial charge in [0.05, 0.1) is 5.69 Å². The lowest BCUT2D eigenvalue weighted by atomic mass is 9.79. The van der Waals surface area contributed by atoms with Gasteiger partial charge in [-0.15, -0.1) is 0 Å². The number of hydrogen-bond acceptors (Lipinski definition) is 9. The van der Waals surface area contributed by atoms with Crippen molar-refractivity contribution in [1.82, 2.24) is 30.6 Å². The van der Waals surface area contributed by atoms with Gasteiger partial charge in [0.1, 0.15) is 11.2 Å². The Kier molecular flexibility index (Phi) is 6.09. The summed E-state index contributed by atoms with van der Waals surface area (Å²) in [6, 6.07) is 8.09. The van der Waals surface area contributed by atoms with Gasteiger partial charge in [0.15, 0.2) is 5.82 Å². The number of amides is 1. The first kappa shape index (κ1) is 24.1. The summed E-state index contributed by atoms with van der Waals surface area (Å²) in [7, 11) is 0. The van der Waals surface area contributed by atoms with Gasteiger partial charge < -0.3 is 26.4 Å². The predicted molar refractivity (Wildman–Crippen MR) is 138 cm³/mol. The van der Waals surface area contributed by atoms with Crippen molar-refractivity contribution in [2.75, 3.05) is 17.2 Å². The van der Waals surface area contributed by atoms with Crippen molar-refractivity contribution >= 4 is 29.3 Å². The van der Waals surface area contributed by atoms with E-state index in [0.29, 0.717) is 17.2 Å². The van der Waals surface area contributed by atoms with Crippen LogP contribution in [-0.4, -0.2) is 43.5 Å². The average molecular weight is 489 g/mol. The number of hydrogen-bond donors (Lipinski definition) is 5. The zero-order valence-corrected chi connectivity index (χ0v) is 21.0. The summed E-state index contributed by atoms with van der Waals surface area (Å²) in [5, 5.41) is 23.1. The molecule has 10 nitrogen and oxygen atoms in total. The maximum absolute atomic E-state index is 12.9. The fourth-order valence-electron chi connectivity index (χ4n) is 4.27. The van der Waals surface area contributed by atoms with Crippen molar-refractivity contribution in [2.45, 2.75) is 64.1 Å². The molecule has 1 aliphatic carbocycles. The molecule has 1 aromatic carbocycles. The number of carbonyl (C=O) groups excluding carboxylic acids is 1. The summed E-state index contributed by atoms with van der Waals surface area (Å²) in [6.07, 6.45) is 4.99. The average Bonchev–Trinajstić information content (AvgIpc) is 3.62. The van der Waals surface area contributed by atoms with Crippen LogP contribution in [0, 0.1) is 0 Å². The van der Waals surface area contributed by atoms with Gasteiger partial charge in [0.2, 0.25) is 11.9 Å². The highest BCUT2D eigenvalue weighted by molar-refractivity contribution is 5.99. The summed E-state index contributed by atoms with van der Waals surface area (Å²) in [6.45, 7) is 9.49. The Bertz CT molecular complexity index is 1300. The van der Waals surface area contributed by atoms with Crippen LogP contribution in [0.1, 0.15) is 67.7 Å². The van der Waals surface area contributed by atoms with Gasteiger partial charge in [0.25, 0.3) is 5.91 Å². The Balaban J connectivity index is 1.44. The number of anilines is 4.